The summed E-state index contributed by atoms with van der Waals surface area (Å²) in [5.41, 5.74) is 3.02. The van der Waals surface area contributed by atoms with Crippen LogP contribution >= 0.6 is 0 Å². The second kappa shape index (κ2) is 7.93. The third kappa shape index (κ3) is 4.23. The van der Waals surface area contributed by atoms with Crippen LogP contribution in [0.3, 0.4) is 0 Å². The molecule has 8 nitrogen and oxygen atoms in total. The lowest BCUT2D eigenvalue weighted by molar-refractivity contribution is -0.384. The molecular formula is C18H15N3O5. The summed E-state index contributed by atoms with van der Waals surface area (Å²) >= 11 is 0. The summed E-state index contributed by atoms with van der Waals surface area (Å²) in [7, 11) is 0. The lowest BCUT2D eigenvalue weighted by Crippen LogP contribution is -2.42. The van der Waals surface area contributed by atoms with Gasteiger partial charge in [0.25, 0.3) is 11.6 Å². The largest absolute Gasteiger partial charge is 0.485 e. The molecule has 0 radical (unpaired) electrons. The highest BCUT2D eigenvalue weighted by Gasteiger charge is 2.26. The van der Waals surface area contributed by atoms with E-state index in [9.17, 15) is 14.9 Å². The van der Waals surface area contributed by atoms with E-state index in [2.05, 4.69) is 10.5 Å². The maximum absolute atomic E-state index is 12.0. The molecule has 0 fully saturated rings. The van der Waals surface area contributed by atoms with E-state index in [1.807, 2.05) is 6.07 Å². The van der Waals surface area contributed by atoms with E-state index >= 15 is 0 Å². The molecule has 1 amide bonds. The Kier molecular flexibility index (Phi) is 5.23. The number of rotatable bonds is 5. The van der Waals surface area contributed by atoms with E-state index in [1.54, 1.807) is 42.5 Å². The Labute approximate surface area is 148 Å². The molecule has 1 atom stereocenters. The fourth-order valence-corrected chi connectivity index (χ4v) is 2.26. The van der Waals surface area contributed by atoms with Crippen LogP contribution in [0.5, 0.6) is 11.5 Å². The number of carbonyl (C=O) groups excluding carboxylic acids is 1. The molecule has 1 N–H and O–H groups in total. The van der Waals surface area contributed by atoms with Crippen molar-refractivity contribution in [2.45, 2.75) is 6.10 Å². The molecular weight excluding hydrogens is 338 g/mol. The fraction of sp³-hybridized carbons (Fsp3) is 0.111. The number of allylic oxidation sites excluding steroid dienone is 1. The van der Waals surface area contributed by atoms with Gasteiger partial charge in [0.2, 0.25) is 6.10 Å². The van der Waals surface area contributed by atoms with Crippen molar-refractivity contribution in [3.8, 4) is 11.5 Å². The Morgan fingerprint density at radius 2 is 2.04 bits per heavy atom. The zero-order valence-electron chi connectivity index (χ0n) is 13.6. The lowest BCUT2D eigenvalue weighted by Gasteiger charge is -2.24. The molecule has 0 aliphatic carbocycles. The van der Waals surface area contributed by atoms with E-state index in [0.29, 0.717) is 17.1 Å². The minimum Gasteiger partial charge on any atom is -0.485 e. The first-order chi connectivity index (χ1) is 12.6. The van der Waals surface area contributed by atoms with Gasteiger partial charge < -0.3 is 9.47 Å². The molecule has 0 spiro atoms. The fourth-order valence-electron chi connectivity index (χ4n) is 2.26. The summed E-state index contributed by atoms with van der Waals surface area (Å²) in [6.45, 7) is 0.0991. The molecule has 1 unspecified atom stereocenters. The van der Waals surface area contributed by atoms with E-state index < -0.39 is 16.9 Å². The van der Waals surface area contributed by atoms with Gasteiger partial charge in [0.05, 0.1) is 4.92 Å². The molecule has 26 heavy (non-hydrogen) atoms. The number of carbonyl (C=O) groups is 1. The van der Waals surface area contributed by atoms with Crippen molar-refractivity contribution < 1.29 is 19.2 Å². The number of hydrazone groups is 1. The van der Waals surface area contributed by atoms with Crippen LogP contribution in [0.4, 0.5) is 5.69 Å². The second-order valence-corrected chi connectivity index (χ2v) is 5.33. The maximum Gasteiger partial charge on any atom is 0.284 e. The molecule has 1 aliphatic heterocycles. The molecule has 3 rings (SSSR count). The van der Waals surface area contributed by atoms with Gasteiger partial charge in [-0.3, -0.25) is 14.9 Å². The van der Waals surface area contributed by atoms with Crippen LogP contribution in [0.2, 0.25) is 0 Å². The van der Waals surface area contributed by atoms with Crippen LogP contribution in [0, 0.1) is 10.1 Å². The molecule has 2 aromatic carbocycles. The van der Waals surface area contributed by atoms with Crippen LogP contribution in [0.15, 0.2) is 59.7 Å². The number of hydrogen-bond donors (Lipinski definition) is 1. The molecule has 8 heteroatoms. The van der Waals surface area contributed by atoms with Crippen molar-refractivity contribution in [3.05, 3.63) is 70.3 Å². The van der Waals surface area contributed by atoms with Gasteiger partial charge in [-0.2, -0.15) is 5.10 Å². The number of para-hydroxylation sites is 2. The van der Waals surface area contributed by atoms with Gasteiger partial charge in [-0.15, -0.1) is 0 Å². The Bertz CT molecular complexity index is 879. The summed E-state index contributed by atoms with van der Waals surface area (Å²) in [6.07, 6.45) is 3.78. The van der Waals surface area contributed by atoms with E-state index in [-0.39, 0.29) is 12.3 Å². The van der Waals surface area contributed by atoms with E-state index in [4.69, 9.17) is 9.47 Å². The van der Waals surface area contributed by atoms with Crippen molar-refractivity contribution >= 4 is 23.9 Å². The van der Waals surface area contributed by atoms with Crippen molar-refractivity contribution in [2.75, 3.05) is 6.61 Å². The van der Waals surface area contributed by atoms with Crippen molar-refractivity contribution in [1.82, 2.24) is 5.43 Å². The summed E-state index contributed by atoms with van der Waals surface area (Å²) in [4.78, 5) is 22.3. The smallest absolute Gasteiger partial charge is 0.284 e. The molecule has 132 valence electrons. The van der Waals surface area contributed by atoms with Gasteiger partial charge >= 0.3 is 0 Å². The average Bonchev–Trinajstić information content (AvgIpc) is 2.67. The predicted octanol–water partition coefficient (Wildman–Crippen LogP) is 2.55. The number of benzene rings is 2. The topological polar surface area (TPSA) is 103 Å². The van der Waals surface area contributed by atoms with E-state index in [1.165, 1.54) is 18.3 Å². The number of nitro benzene ring substituents is 1. The molecule has 0 saturated carbocycles. The Balaban J connectivity index is 1.52. The normalized spacial score (nSPS) is 15.9. The molecule has 2 aromatic rings. The summed E-state index contributed by atoms with van der Waals surface area (Å²) in [5.74, 6) is 0.674. The zero-order chi connectivity index (χ0) is 18.4. The highest BCUT2D eigenvalue weighted by molar-refractivity contribution is 5.84. The monoisotopic (exact) mass is 353 g/mol. The molecule has 0 aromatic heterocycles. The minimum absolute atomic E-state index is 0.00659. The standard InChI is InChI=1S/C18H15N3O5/c22-18(17-12-25-15-8-1-2-9-16(15)26-17)20-19-10-4-6-13-5-3-7-14(11-13)21(23)24/h1-11,17H,12H2,(H,20,22). The van der Waals surface area contributed by atoms with Crippen molar-refractivity contribution in [3.63, 3.8) is 0 Å². The van der Waals surface area contributed by atoms with Gasteiger partial charge in [0, 0.05) is 18.3 Å². The number of nitrogens with zero attached hydrogens (tertiary/aromatic N) is 2. The molecule has 1 aliphatic rings. The van der Waals surface area contributed by atoms with E-state index in [0.717, 1.165) is 0 Å². The van der Waals surface area contributed by atoms with Gasteiger partial charge in [0.15, 0.2) is 11.5 Å². The van der Waals surface area contributed by atoms with Gasteiger partial charge in [-0.1, -0.05) is 30.3 Å². The van der Waals surface area contributed by atoms with Crippen LogP contribution in [-0.2, 0) is 4.79 Å². The van der Waals surface area contributed by atoms with Crippen LogP contribution in [0.1, 0.15) is 5.56 Å². The third-order valence-corrected chi connectivity index (χ3v) is 3.51. The summed E-state index contributed by atoms with van der Waals surface area (Å²) < 4.78 is 11.0. The molecule has 1 heterocycles. The first-order valence-corrected chi connectivity index (χ1v) is 7.76. The highest BCUT2D eigenvalue weighted by atomic mass is 16.6. The Hall–Kier alpha value is -3.68. The third-order valence-electron chi connectivity index (χ3n) is 3.51. The van der Waals surface area contributed by atoms with Crippen LogP contribution < -0.4 is 14.9 Å². The zero-order valence-corrected chi connectivity index (χ0v) is 13.6. The van der Waals surface area contributed by atoms with Crippen molar-refractivity contribution in [1.29, 1.82) is 0 Å². The number of nitro groups is 1. The number of hydrogen-bond acceptors (Lipinski definition) is 6. The number of fused-ring (bicyclic) bond motifs is 1. The number of nitrogens with one attached hydrogen (secondary N) is 1. The SMILES string of the molecule is O=C(NN=CC=Cc1cccc([N+](=O)[O-])c1)C1COc2ccccc2O1. The van der Waals surface area contributed by atoms with Gasteiger partial charge in [-0.25, -0.2) is 5.43 Å². The van der Waals surface area contributed by atoms with Crippen LogP contribution in [-0.4, -0.2) is 29.8 Å². The second-order valence-electron chi connectivity index (χ2n) is 5.33. The van der Waals surface area contributed by atoms with Gasteiger partial charge in [0.1, 0.15) is 6.61 Å². The first kappa shape index (κ1) is 17.2. The van der Waals surface area contributed by atoms with Gasteiger partial charge in [-0.05, 0) is 23.8 Å². The maximum atomic E-state index is 12.0. The number of amides is 1. The van der Waals surface area contributed by atoms with Crippen LogP contribution in [0.25, 0.3) is 6.08 Å². The highest BCUT2D eigenvalue weighted by Crippen LogP contribution is 2.30. The quantitative estimate of drug-likeness (QED) is 0.505. The molecule has 0 bridgehead atoms. The average molecular weight is 353 g/mol. The summed E-state index contributed by atoms with van der Waals surface area (Å²) in [6, 6.07) is 13.3. The first-order valence-electron chi connectivity index (χ1n) is 7.76. The number of non-ortho nitro benzene ring substituents is 1. The lowest BCUT2D eigenvalue weighted by atomic mass is 10.2. The predicted molar refractivity (Wildman–Crippen MR) is 95.1 cm³/mol. The summed E-state index contributed by atoms with van der Waals surface area (Å²) in [5, 5.41) is 14.5. The van der Waals surface area contributed by atoms with Crippen molar-refractivity contribution in [2.24, 2.45) is 5.10 Å². The molecule has 0 saturated heterocycles. The number of ether oxygens (including phenoxy) is 2. The minimum atomic E-state index is -0.789. The Morgan fingerprint density at radius 3 is 2.85 bits per heavy atom. The Morgan fingerprint density at radius 1 is 1.23 bits per heavy atom.